The summed E-state index contributed by atoms with van der Waals surface area (Å²) in [5.41, 5.74) is 3.73. The van der Waals surface area contributed by atoms with E-state index in [-0.39, 0.29) is 18.3 Å². The minimum Gasteiger partial charge on any atom is -0.482 e. The SMILES string of the molecule is CC(C)(C)OC(=O)COc1ccc(/C=N\NC(=O)CSCc2ccccc2Cl)cc1. The van der Waals surface area contributed by atoms with Gasteiger partial charge in [0.2, 0.25) is 5.91 Å². The van der Waals surface area contributed by atoms with E-state index in [0.29, 0.717) is 16.5 Å². The number of nitrogens with one attached hydrogen (secondary N) is 1. The van der Waals surface area contributed by atoms with Crippen LogP contribution in [0.4, 0.5) is 0 Å². The molecule has 1 amide bonds. The third-order valence-electron chi connectivity index (χ3n) is 3.51. The Labute approximate surface area is 186 Å². The number of ether oxygens (including phenoxy) is 2. The summed E-state index contributed by atoms with van der Waals surface area (Å²) in [7, 11) is 0. The number of esters is 1. The molecule has 8 heteroatoms. The average molecular weight is 449 g/mol. The van der Waals surface area contributed by atoms with E-state index in [2.05, 4.69) is 10.5 Å². The summed E-state index contributed by atoms with van der Waals surface area (Å²) in [6.07, 6.45) is 1.54. The standard InChI is InChI=1S/C22H25ClN2O4S/c1-22(2,3)29-21(27)13-28-18-10-8-16(9-11-18)12-24-25-20(26)15-30-14-17-6-4-5-7-19(17)23/h4-12H,13-15H2,1-3H3,(H,25,26)/b24-12-. The molecule has 0 saturated heterocycles. The number of hydrogen-bond acceptors (Lipinski definition) is 6. The zero-order valence-electron chi connectivity index (χ0n) is 17.2. The van der Waals surface area contributed by atoms with E-state index in [9.17, 15) is 9.59 Å². The van der Waals surface area contributed by atoms with Gasteiger partial charge in [0.25, 0.3) is 0 Å². The number of carbonyl (C=O) groups is 2. The Morgan fingerprint density at radius 1 is 1.13 bits per heavy atom. The molecule has 1 N–H and O–H groups in total. The van der Waals surface area contributed by atoms with Crippen LogP contribution in [0.15, 0.2) is 53.6 Å². The van der Waals surface area contributed by atoms with Crippen LogP contribution in [0.5, 0.6) is 5.75 Å². The van der Waals surface area contributed by atoms with Gasteiger partial charge in [0.1, 0.15) is 11.4 Å². The molecule has 2 aromatic carbocycles. The molecule has 0 aromatic heterocycles. The summed E-state index contributed by atoms with van der Waals surface area (Å²) >= 11 is 7.56. The van der Waals surface area contributed by atoms with Gasteiger partial charge in [-0.25, -0.2) is 10.2 Å². The summed E-state index contributed by atoms with van der Waals surface area (Å²) < 4.78 is 10.6. The number of rotatable bonds is 9. The first-order valence-electron chi connectivity index (χ1n) is 9.31. The van der Waals surface area contributed by atoms with Crippen molar-refractivity contribution in [3.8, 4) is 5.75 Å². The summed E-state index contributed by atoms with van der Waals surface area (Å²) in [4.78, 5) is 23.5. The van der Waals surface area contributed by atoms with Crippen molar-refractivity contribution in [1.82, 2.24) is 5.43 Å². The molecule has 6 nitrogen and oxygen atoms in total. The lowest BCUT2D eigenvalue weighted by Crippen LogP contribution is -2.27. The van der Waals surface area contributed by atoms with E-state index >= 15 is 0 Å². The molecular formula is C22H25ClN2O4S. The van der Waals surface area contributed by atoms with Crippen molar-refractivity contribution in [2.45, 2.75) is 32.1 Å². The monoisotopic (exact) mass is 448 g/mol. The van der Waals surface area contributed by atoms with Crippen molar-refractivity contribution in [1.29, 1.82) is 0 Å². The Hall–Kier alpha value is -2.51. The predicted octanol–water partition coefficient (Wildman–Crippen LogP) is 4.44. The first-order valence-corrected chi connectivity index (χ1v) is 10.8. The molecule has 0 heterocycles. The maximum absolute atomic E-state index is 11.9. The fourth-order valence-corrected chi connectivity index (χ4v) is 3.35. The van der Waals surface area contributed by atoms with Gasteiger partial charge in [0, 0.05) is 10.8 Å². The summed E-state index contributed by atoms with van der Waals surface area (Å²) in [6.45, 7) is 5.24. The molecular weight excluding hydrogens is 424 g/mol. The van der Waals surface area contributed by atoms with E-state index in [1.807, 2.05) is 24.3 Å². The number of nitrogens with zero attached hydrogens (tertiary/aromatic N) is 1. The Balaban J connectivity index is 1.70. The topological polar surface area (TPSA) is 77.0 Å². The highest BCUT2D eigenvalue weighted by molar-refractivity contribution is 7.99. The lowest BCUT2D eigenvalue weighted by atomic mass is 10.2. The van der Waals surface area contributed by atoms with Crippen LogP contribution in [-0.2, 0) is 20.1 Å². The first-order chi connectivity index (χ1) is 14.2. The van der Waals surface area contributed by atoms with Gasteiger partial charge in [0.15, 0.2) is 6.61 Å². The number of thioether (sulfide) groups is 1. The molecule has 0 radical (unpaired) electrons. The molecule has 0 saturated carbocycles. The maximum Gasteiger partial charge on any atom is 0.344 e. The molecule has 0 atom stereocenters. The van der Waals surface area contributed by atoms with Crippen LogP contribution in [0.2, 0.25) is 5.02 Å². The third-order valence-corrected chi connectivity index (χ3v) is 4.86. The van der Waals surface area contributed by atoms with E-state index in [4.69, 9.17) is 21.1 Å². The molecule has 0 spiro atoms. The van der Waals surface area contributed by atoms with Crippen molar-refractivity contribution in [2.24, 2.45) is 5.10 Å². The molecule has 0 aliphatic carbocycles. The van der Waals surface area contributed by atoms with Crippen LogP contribution in [-0.4, -0.2) is 36.1 Å². The zero-order chi connectivity index (χ0) is 22.0. The van der Waals surface area contributed by atoms with Crippen molar-refractivity contribution in [3.63, 3.8) is 0 Å². The molecule has 0 unspecified atom stereocenters. The van der Waals surface area contributed by atoms with E-state index < -0.39 is 11.6 Å². The van der Waals surface area contributed by atoms with Gasteiger partial charge in [0.05, 0.1) is 12.0 Å². The highest BCUT2D eigenvalue weighted by atomic mass is 35.5. The van der Waals surface area contributed by atoms with Crippen molar-refractivity contribution >= 4 is 41.5 Å². The molecule has 0 aliphatic heterocycles. The van der Waals surface area contributed by atoms with Crippen molar-refractivity contribution < 1.29 is 19.1 Å². The zero-order valence-corrected chi connectivity index (χ0v) is 18.8. The van der Waals surface area contributed by atoms with Gasteiger partial charge in [-0.05, 0) is 62.2 Å². The van der Waals surface area contributed by atoms with Crippen molar-refractivity contribution in [3.05, 3.63) is 64.7 Å². The largest absolute Gasteiger partial charge is 0.482 e. The predicted molar refractivity (Wildman–Crippen MR) is 121 cm³/mol. The van der Waals surface area contributed by atoms with Gasteiger partial charge < -0.3 is 9.47 Å². The van der Waals surface area contributed by atoms with Crippen LogP contribution in [0.1, 0.15) is 31.9 Å². The third kappa shape index (κ3) is 9.33. The van der Waals surface area contributed by atoms with Gasteiger partial charge in [-0.3, -0.25) is 4.79 Å². The van der Waals surface area contributed by atoms with E-state index in [0.717, 1.165) is 11.1 Å². The molecule has 2 aromatic rings. The van der Waals surface area contributed by atoms with Gasteiger partial charge in [-0.2, -0.15) is 5.10 Å². The molecule has 160 valence electrons. The summed E-state index contributed by atoms with van der Waals surface area (Å²) in [6, 6.07) is 14.5. The van der Waals surface area contributed by atoms with Gasteiger partial charge >= 0.3 is 5.97 Å². The van der Waals surface area contributed by atoms with Crippen molar-refractivity contribution in [2.75, 3.05) is 12.4 Å². The molecule has 0 bridgehead atoms. The van der Waals surface area contributed by atoms with E-state index in [1.165, 1.54) is 18.0 Å². The molecule has 0 fully saturated rings. The Morgan fingerprint density at radius 3 is 2.50 bits per heavy atom. The second kappa shape index (κ2) is 11.6. The first kappa shape index (κ1) is 23.8. The Morgan fingerprint density at radius 2 is 1.83 bits per heavy atom. The summed E-state index contributed by atoms with van der Waals surface area (Å²) in [5, 5.41) is 4.65. The highest BCUT2D eigenvalue weighted by Gasteiger charge is 2.16. The lowest BCUT2D eigenvalue weighted by molar-refractivity contribution is -0.157. The number of amides is 1. The molecule has 2 rings (SSSR count). The number of hydrazone groups is 1. The van der Waals surface area contributed by atoms with Crippen LogP contribution < -0.4 is 10.2 Å². The Kier molecular flexibility index (Phi) is 9.20. The highest BCUT2D eigenvalue weighted by Crippen LogP contribution is 2.20. The fourth-order valence-electron chi connectivity index (χ4n) is 2.24. The smallest absolute Gasteiger partial charge is 0.344 e. The molecule has 30 heavy (non-hydrogen) atoms. The number of halogens is 1. The average Bonchev–Trinajstić information content (AvgIpc) is 2.67. The van der Waals surface area contributed by atoms with Gasteiger partial charge in [-0.15, -0.1) is 11.8 Å². The molecule has 0 aliphatic rings. The van der Waals surface area contributed by atoms with E-state index in [1.54, 1.807) is 45.0 Å². The minimum atomic E-state index is -0.543. The number of carbonyl (C=O) groups excluding carboxylic acids is 2. The van der Waals surface area contributed by atoms with Crippen LogP contribution in [0, 0.1) is 0 Å². The van der Waals surface area contributed by atoms with Crippen LogP contribution in [0.25, 0.3) is 0 Å². The number of benzene rings is 2. The normalized spacial score (nSPS) is 11.3. The van der Waals surface area contributed by atoms with Crippen LogP contribution >= 0.6 is 23.4 Å². The minimum absolute atomic E-state index is 0.160. The van der Waals surface area contributed by atoms with Crippen LogP contribution in [0.3, 0.4) is 0 Å². The van der Waals surface area contributed by atoms with Gasteiger partial charge in [-0.1, -0.05) is 29.8 Å². The summed E-state index contributed by atoms with van der Waals surface area (Å²) in [5.74, 6) is 0.851. The Bertz CT molecular complexity index is 879. The second-order valence-corrected chi connectivity index (χ2v) is 8.71. The quantitative estimate of drug-likeness (QED) is 0.348. The second-order valence-electron chi connectivity index (χ2n) is 7.32. The maximum atomic E-state index is 11.9. The number of hydrogen-bond donors (Lipinski definition) is 1. The lowest BCUT2D eigenvalue weighted by Gasteiger charge is -2.19. The fraction of sp³-hybridized carbons (Fsp3) is 0.318.